The zero-order chi connectivity index (χ0) is 11.5. The fourth-order valence-corrected chi connectivity index (χ4v) is 3.16. The number of para-hydroxylation sites is 1. The first-order chi connectivity index (χ1) is 8.43. The van der Waals surface area contributed by atoms with Crippen LogP contribution in [-0.2, 0) is 6.42 Å². The van der Waals surface area contributed by atoms with E-state index in [1.54, 1.807) is 0 Å². The fraction of sp³-hybridized carbons (Fsp3) is 0.600. The van der Waals surface area contributed by atoms with E-state index in [-0.39, 0.29) is 0 Å². The van der Waals surface area contributed by atoms with E-state index in [0.29, 0.717) is 0 Å². The van der Waals surface area contributed by atoms with E-state index in [9.17, 15) is 0 Å². The largest absolute Gasteiger partial charge is 0.383 e. The van der Waals surface area contributed by atoms with Crippen LogP contribution < -0.4 is 5.32 Å². The molecule has 2 heteroatoms. The number of hydrogen-bond acceptors (Lipinski definition) is 2. The molecule has 1 unspecified atom stereocenters. The van der Waals surface area contributed by atoms with Crippen LogP contribution in [0.25, 0.3) is 0 Å². The van der Waals surface area contributed by atoms with E-state index in [0.717, 1.165) is 12.6 Å². The maximum Gasteiger partial charge on any atom is 0.0373 e. The van der Waals surface area contributed by atoms with Gasteiger partial charge in [0.05, 0.1) is 0 Å². The number of nitrogens with one attached hydrogen (secondary N) is 1. The van der Waals surface area contributed by atoms with Crippen LogP contribution in [0, 0.1) is 0 Å². The second-order valence-electron chi connectivity index (χ2n) is 5.33. The number of piperidine rings is 1. The summed E-state index contributed by atoms with van der Waals surface area (Å²) >= 11 is 0. The molecular formula is C15H22N2. The molecule has 0 spiro atoms. The molecule has 92 valence electrons. The minimum Gasteiger partial charge on any atom is -0.383 e. The molecule has 2 nitrogen and oxygen atoms in total. The van der Waals surface area contributed by atoms with Gasteiger partial charge in [-0.1, -0.05) is 24.6 Å². The Balaban J connectivity index is 1.68. The number of rotatable bonds is 1. The second-order valence-corrected chi connectivity index (χ2v) is 5.33. The van der Waals surface area contributed by atoms with Gasteiger partial charge in [-0.05, 0) is 50.4 Å². The van der Waals surface area contributed by atoms with Crippen molar-refractivity contribution < 1.29 is 0 Å². The van der Waals surface area contributed by atoms with Gasteiger partial charge in [0, 0.05) is 18.3 Å². The fourth-order valence-electron chi connectivity index (χ4n) is 3.16. The number of benzene rings is 1. The summed E-state index contributed by atoms with van der Waals surface area (Å²) in [5.74, 6) is 0. The highest BCUT2D eigenvalue weighted by Gasteiger charge is 2.22. The van der Waals surface area contributed by atoms with Gasteiger partial charge in [-0.3, -0.25) is 4.90 Å². The highest BCUT2D eigenvalue weighted by molar-refractivity contribution is 5.52. The van der Waals surface area contributed by atoms with Crippen LogP contribution in [0.5, 0.6) is 0 Å². The predicted octanol–water partition coefficient (Wildman–Crippen LogP) is 2.90. The van der Waals surface area contributed by atoms with Crippen molar-refractivity contribution in [3.63, 3.8) is 0 Å². The van der Waals surface area contributed by atoms with Gasteiger partial charge in [0.25, 0.3) is 0 Å². The molecule has 0 radical (unpaired) electrons. The summed E-state index contributed by atoms with van der Waals surface area (Å²) in [4.78, 5) is 2.70. The molecule has 1 fully saturated rings. The average molecular weight is 230 g/mol. The van der Waals surface area contributed by atoms with E-state index in [1.807, 2.05) is 0 Å². The minimum absolute atomic E-state index is 0.739. The second kappa shape index (κ2) is 5.09. The lowest BCUT2D eigenvalue weighted by molar-refractivity contribution is 0.163. The van der Waals surface area contributed by atoms with Crippen molar-refractivity contribution >= 4 is 5.69 Å². The smallest absolute Gasteiger partial charge is 0.0373 e. The third-order valence-electron chi connectivity index (χ3n) is 4.20. The zero-order valence-electron chi connectivity index (χ0n) is 10.5. The highest BCUT2D eigenvalue weighted by Crippen LogP contribution is 2.24. The van der Waals surface area contributed by atoms with Gasteiger partial charge in [0.2, 0.25) is 0 Å². The van der Waals surface area contributed by atoms with Crippen molar-refractivity contribution in [3.05, 3.63) is 29.8 Å². The third kappa shape index (κ3) is 2.47. The van der Waals surface area contributed by atoms with Crippen LogP contribution in [0.15, 0.2) is 24.3 Å². The first-order valence-corrected chi connectivity index (χ1v) is 6.99. The number of hydrogen-bond donors (Lipinski definition) is 1. The molecule has 0 aliphatic carbocycles. The number of nitrogens with zero attached hydrogens (tertiary/aromatic N) is 1. The van der Waals surface area contributed by atoms with Crippen molar-refractivity contribution in [2.45, 2.75) is 38.1 Å². The van der Waals surface area contributed by atoms with Crippen molar-refractivity contribution in [3.8, 4) is 0 Å². The Labute approximate surface area is 104 Å². The van der Waals surface area contributed by atoms with E-state index in [4.69, 9.17) is 0 Å². The maximum atomic E-state index is 3.63. The van der Waals surface area contributed by atoms with E-state index in [2.05, 4.69) is 34.5 Å². The van der Waals surface area contributed by atoms with Crippen LogP contribution >= 0.6 is 0 Å². The number of anilines is 1. The monoisotopic (exact) mass is 230 g/mol. The summed E-state index contributed by atoms with van der Waals surface area (Å²) in [6, 6.07) is 9.51. The van der Waals surface area contributed by atoms with E-state index in [1.165, 1.54) is 56.4 Å². The van der Waals surface area contributed by atoms with Gasteiger partial charge in [-0.25, -0.2) is 0 Å². The van der Waals surface area contributed by atoms with Crippen LogP contribution in [-0.4, -0.2) is 30.6 Å². The molecule has 17 heavy (non-hydrogen) atoms. The maximum absolute atomic E-state index is 3.63. The summed E-state index contributed by atoms with van der Waals surface area (Å²) in [6.07, 6.45) is 6.75. The van der Waals surface area contributed by atoms with Gasteiger partial charge in [-0.15, -0.1) is 0 Å². The Bertz CT molecular complexity index is 342. The van der Waals surface area contributed by atoms with Crippen molar-refractivity contribution in [2.75, 3.05) is 25.0 Å². The van der Waals surface area contributed by atoms with Crippen LogP contribution in [0.1, 0.15) is 31.2 Å². The Morgan fingerprint density at radius 2 is 1.88 bits per heavy atom. The summed E-state index contributed by atoms with van der Waals surface area (Å²) in [5.41, 5.74) is 2.85. The summed E-state index contributed by atoms with van der Waals surface area (Å²) in [7, 11) is 0. The van der Waals surface area contributed by atoms with Gasteiger partial charge < -0.3 is 5.32 Å². The molecule has 3 rings (SSSR count). The Kier molecular flexibility index (Phi) is 3.32. The Hall–Kier alpha value is -1.02. The average Bonchev–Trinajstić information content (AvgIpc) is 2.62. The Morgan fingerprint density at radius 1 is 1.06 bits per heavy atom. The highest BCUT2D eigenvalue weighted by atomic mass is 15.2. The van der Waals surface area contributed by atoms with E-state index < -0.39 is 0 Å². The molecule has 0 bridgehead atoms. The van der Waals surface area contributed by atoms with Crippen LogP contribution in [0.4, 0.5) is 5.69 Å². The van der Waals surface area contributed by atoms with Gasteiger partial charge >= 0.3 is 0 Å². The van der Waals surface area contributed by atoms with Crippen LogP contribution in [0.3, 0.4) is 0 Å². The summed E-state index contributed by atoms with van der Waals surface area (Å²) in [5, 5.41) is 3.63. The first-order valence-electron chi connectivity index (χ1n) is 6.99. The zero-order valence-corrected chi connectivity index (χ0v) is 10.5. The molecule has 0 saturated carbocycles. The van der Waals surface area contributed by atoms with Crippen LogP contribution in [0.2, 0.25) is 0 Å². The van der Waals surface area contributed by atoms with Crippen molar-refractivity contribution in [1.29, 1.82) is 0 Å². The molecule has 0 aromatic heterocycles. The predicted molar refractivity (Wildman–Crippen MR) is 72.5 cm³/mol. The summed E-state index contributed by atoms with van der Waals surface area (Å²) < 4.78 is 0. The molecular weight excluding hydrogens is 208 g/mol. The molecule has 2 heterocycles. The third-order valence-corrected chi connectivity index (χ3v) is 4.20. The number of fused-ring (bicyclic) bond motifs is 1. The summed E-state index contributed by atoms with van der Waals surface area (Å²) in [6.45, 7) is 3.74. The first kappa shape index (κ1) is 11.1. The van der Waals surface area contributed by atoms with Crippen molar-refractivity contribution in [1.82, 2.24) is 4.90 Å². The van der Waals surface area contributed by atoms with Crippen molar-refractivity contribution in [2.24, 2.45) is 0 Å². The molecule has 1 aromatic rings. The topological polar surface area (TPSA) is 15.3 Å². The van der Waals surface area contributed by atoms with Gasteiger partial charge in [0.15, 0.2) is 0 Å². The lowest BCUT2D eigenvalue weighted by Crippen LogP contribution is -2.42. The molecule has 1 aromatic carbocycles. The Morgan fingerprint density at radius 3 is 2.76 bits per heavy atom. The normalized spacial score (nSPS) is 25.8. The van der Waals surface area contributed by atoms with Gasteiger partial charge in [-0.2, -0.15) is 0 Å². The molecule has 2 aliphatic rings. The molecule has 1 saturated heterocycles. The quantitative estimate of drug-likeness (QED) is 0.798. The molecule has 1 N–H and O–H groups in total. The lowest BCUT2D eigenvalue weighted by Gasteiger charge is -2.34. The molecule has 2 aliphatic heterocycles. The van der Waals surface area contributed by atoms with Gasteiger partial charge in [0.1, 0.15) is 0 Å². The SMILES string of the molecule is c1ccc2c(c1)CCC(N1CCCCC1)CN2. The standard InChI is InChI=1S/C15H22N2/c1-4-10-17(11-5-1)14-9-8-13-6-2-3-7-15(13)16-12-14/h2-3,6-7,14,16H,1,4-5,8-12H2. The molecule has 0 amide bonds. The number of likely N-dealkylation sites (tertiary alicyclic amines) is 1. The lowest BCUT2D eigenvalue weighted by atomic mass is 10.0. The minimum atomic E-state index is 0.739. The molecule has 1 atom stereocenters. The number of aryl methyl sites for hydroxylation is 1. The van der Waals surface area contributed by atoms with E-state index >= 15 is 0 Å².